The molecule has 0 rings (SSSR count). The monoisotopic (exact) mass is 187 g/mol. The van der Waals surface area contributed by atoms with Crippen LogP contribution in [0, 0.1) is 0 Å². The van der Waals surface area contributed by atoms with Gasteiger partial charge in [0.25, 0.3) is 0 Å². The van der Waals surface area contributed by atoms with Gasteiger partial charge in [-0.15, -0.1) is 0 Å². The second-order valence-electron chi connectivity index (χ2n) is 2.67. The van der Waals surface area contributed by atoms with Gasteiger partial charge in [0.1, 0.15) is 6.10 Å². The van der Waals surface area contributed by atoms with Gasteiger partial charge in [-0.05, 0) is 13.8 Å². The Kier molecular flexibility index (Phi) is 4.76. The second-order valence-corrected chi connectivity index (χ2v) is 2.67. The molecule has 2 atom stereocenters. The summed E-state index contributed by atoms with van der Waals surface area (Å²) in [6, 6.07) is -0.276. The zero-order chi connectivity index (χ0) is 10.4. The van der Waals surface area contributed by atoms with Crippen LogP contribution in [-0.4, -0.2) is 29.2 Å². The molecular weight excluding hydrogens is 174 g/mol. The van der Waals surface area contributed by atoms with Crippen LogP contribution in [0.4, 0.5) is 0 Å². The van der Waals surface area contributed by atoms with Crippen LogP contribution in [-0.2, 0) is 14.3 Å². The minimum Gasteiger partial charge on any atom is -0.478 e. The third-order valence-corrected chi connectivity index (χ3v) is 1.40. The number of carbonyl (C=O) groups is 2. The molecule has 0 bridgehead atoms. The molecule has 3 N–H and O–H groups in total. The number of hydrogen-bond donors (Lipinski definition) is 2. The fraction of sp³-hybridized carbons (Fsp3) is 0.500. The van der Waals surface area contributed by atoms with Crippen molar-refractivity contribution in [3.63, 3.8) is 0 Å². The van der Waals surface area contributed by atoms with E-state index in [0.29, 0.717) is 0 Å². The third-order valence-electron chi connectivity index (χ3n) is 1.40. The van der Waals surface area contributed by atoms with Crippen molar-refractivity contribution in [1.29, 1.82) is 0 Å². The normalized spacial score (nSPS) is 15.3. The fourth-order valence-corrected chi connectivity index (χ4v) is 0.469. The van der Waals surface area contributed by atoms with Gasteiger partial charge in [0, 0.05) is 18.2 Å². The number of aliphatic carboxylic acids is 1. The van der Waals surface area contributed by atoms with Crippen LogP contribution in [0.25, 0.3) is 0 Å². The molecule has 0 aromatic carbocycles. The first-order chi connectivity index (χ1) is 5.93. The summed E-state index contributed by atoms with van der Waals surface area (Å²) in [5.74, 6) is -1.89. The minimum absolute atomic E-state index is 0.276. The molecule has 0 saturated heterocycles. The fourth-order valence-electron chi connectivity index (χ4n) is 0.469. The highest BCUT2D eigenvalue weighted by Crippen LogP contribution is 1.96. The van der Waals surface area contributed by atoms with Crippen molar-refractivity contribution in [3.05, 3.63) is 12.2 Å². The van der Waals surface area contributed by atoms with Crippen molar-refractivity contribution in [1.82, 2.24) is 0 Å². The van der Waals surface area contributed by atoms with Gasteiger partial charge in [0.15, 0.2) is 0 Å². The van der Waals surface area contributed by atoms with Crippen LogP contribution in [0.3, 0.4) is 0 Å². The van der Waals surface area contributed by atoms with E-state index >= 15 is 0 Å². The molecule has 5 nitrogen and oxygen atoms in total. The van der Waals surface area contributed by atoms with Gasteiger partial charge < -0.3 is 15.6 Å². The van der Waals surface area contributed by atoms with Crippen LogP contribution >= 0.6 is 0 Å². The Morgan fingerprint density at radius 1 is 1.38 bits per heavy atom. The topological polar surface area (TPSA) is 89.6 Å². The number of ether oxygens (including phenoxy) is 1. The van der Waals surface area contributed by atoms with Crippen molar-refractivity contribution in [2.45, 2.75) is 26.0 Å². The molecule has 0 saturated carbocycles. The summed E-state index contributed by atoms with van der Waals surface area (Å²) in [4.78, 5) is 20.8. The van der Waals surface area contributed by atoms with Gasteiger partial charge in [0.2, 0.25) is 0 Å². The quantitative estimate of drug-likeness (QED) is 0.474. The summed E-state index contributed by atoms with van der Waals surface area (Å²) in [7, 11) is 0. The first-order valence-electron chi connectivity index (χ1n) is 3.80. The average Bonchev–Trinajstić information content (AvgIpc) is 2.00. The van der Waals surface area contributed by atoms with Crippen LogP contribution in [0.1, 0.15) is 13.8 Å². The van der Waals surface area contributed by atoms with Gasteiger partial charge in [-0.3, -0.25) is 0 Å². The summed E-state index contributed by atoms with van der Waals surface area (Å²) >= 11 is 0. The van der Waals surface area contributed by atoms with E-state index in [-0.39, 0.29) is 6.04 Å². The summed E-state index contributed by atoms with van der Waals surface area (Å²) in [6.45, 7) is 3.33. The lowest BCUT2D eigenvalue weighted by molar-refractivity contribution is -0.143. The lowest BCUT2D eigenvalue weighted by Gasteiger charge is -2.14. The van der Waals surface area contributed by atoms with Gasteiger partial charge in [-0.2, -0.15) is 0 Å². The Morgan fingerprint density at radius 2 is 1.92 bits per heavy atom. The molecule has 0 aliphatic rings. The predicted molar refractivity (Wildman–Crippen MR) is 46.0 cm³/mol. The number of rotatable bonds is 4. The molecule has 0 aliphatic carbocycles. The summed E-state index contributed by atoms with van der Waals surface area (Å²) in [5, 5.41) is 8.19. The number of carboxylic acids is 1. The predicted octanol–water partition coefficient (Wildman–Crippen LogP) is -0.0939. The maximum absolute atomic E-state index is 10.8. The molecule has 74 valence electrons. The average molecular weight is 187 g/mol. The van der Waals surface area contributed by atoms with Crippen molar-refractivity contribution in [2.24, 2.45) is 5.73 Å². The molecule has 2 unspecified atom stereocenters. The van der Waals surface area contributed by atoms with Gasteiger partial charge in [-0.25, -0.2) is 9.59 Å². The van der Waals surface area contributed by atoms with E-state index < -0.39 is 18.0 Å². The van der Waals surface area contributed by atoms with E-state index in [1.54, 1.807) is 13.8 Å². The first-order valence-corrected chi connectivity index (χ1v) is 3.80. The molecule has 0 spiro atoms. The van der Waals surface area contributed by atoms with Crippen LogP contribution in [0.15, 0.2) is 12.2 Å². The summed E-state index contributed by atoms with van der Waals surface area (Å²) < 4.78 is 4.75. The lowest BCUT2D eigenvalue weighted by atomic mass is 10.2. The Bertz CT molecular complexity index is 222. The van der Waals surface area contributed by atoms with E-state index in [4.69, 9.17) is 15.6 Å². The van der Waals surface area contributed by atoms with Gasteiger partial charge in [0.05, 0.1) is 0 Å². The highest BCUT2D eigenvalue weighted by Gasteiger charge is 2.10. The Morgan fingerprint density at radius 3 is 2.31 bits per heavy atom. The number of carboxylic acid groups (broad SMARTS) is 1. The molecular formula is C8H13NO4. The largest absolute Gasteiger partial charge is 0.478 e. The van der Waals surface area contributed by atoms with E-state index in [9.17, 15) is 9.59 Å². The zero-order valence-corrected chi connectivity index (χ0v) is 7.56. The molecule has 0 heterocycles. The second kappa shape index (κ2) is 5.31. The Hall–Kier alpha value is -1.36. The first kappa shape index (κ1) is 11.6. The highest BCUT2D eigenvalue weighted by atomic mass is 16.5. The van der Waals surface area contributed by atoms with E-state index in [1.807, 2.05) is 0 Å². The van der Waals surface area contributed by atoms with Crippen molar-refractivity contribution in [3.8, 4) is 0 Å². The molecule has 0 fully saturated rings. The molecule has 0 amide bonds. The standard InChI is InChI=1S/C8H13NO4/c1-5(9)6(2)13-8(12)4-3-7(10)11/h3-6H,9H2,1-2H3,(H,10,11)/b4-3-. The van der Waals surface area contributed by atoms with Crippen LogP contribution < -0.4 is 5.73 Å². The van der Waals surface area contributed by atoms with Crippen molar-refractivity contribution >= 4 is 11.9 Å². The van der Waals surface area contributed by atoms with Gasteiger partial charge in [-0.1, -0.05) is 0 Å². The van der Waals surface area contributed by atoms with E-state index in [0.717, 1.165) is 12.2 Å². The Balaban J connectivity index is 3.95. The molecule has 0 aliphatic heterocycles. The SMILES string of the molecule is CC(N)C(C)OC(=O)/C=C\C(=O)O. The van der Waals surface area contributed by atoms with Gasteiger partial charge >= 0.3 is 11.9 Å². The van der Waals surface area contributed by atoms with Crippen LogP contribution in [0.5, 0.6) is 0 Å². The number of carbonyl (C=O) groups excluding carboxylic acids is 1. The maximum atomic E-state index is 10.8. The molecule has 0 radical (unpaired) electrons. The highest BCUT2D eigenvalue weighted by molar-refractivity contribution is 5.90. The minimum atomic E-state index is -1.19. The zero-order valence-electron chi connectivity index (χ0n) is 7.56. The third kappa shape index (κ3) is 5.86. The number of esters is 1. The maximum Gasteiger partial charge on any atom is 0.331 e. The molecule has 13 heavy (non-hydrogen) atoms. The molecule has 5 heteroatoms. The number of hydrogen-bond acceptors (Lipinski definition) is 4. The van der Waals surface area contributed by atoms with Crippen molar-refractivity contribution in [2.75, 3.05) is 0 Å². The summed E-state index contributed by atoms with van der Waals surface area (Å²) in [6.07, 6.45) is 1.14. The number of nitrogens with two attached hydrogens (primary N) is 1. The van der Waals surface area contributed by atoms with E-state index in [1.165, 1.54) is 0 Å². The van der Waals surface area contributed by atoms with Crippen molar-refractivity contribution < 1.29 is 19.4 Å². The smallest absolute Gasteiger partial charge is 0.331 e. The van der Waals surface area contributed by atoms with Crippen LogP contribution in [0.2, 0.25) is 0 Å². The molecule has 0 aromatic rings. The van der Waals surface area contributed by atoms with E-state index in [2.05, 4.69) is 0 Å². The summed E-state index contributed by atoms with van der Waals surface area (Å²) in [5.41, 5.74) is 5.42. The molecule has 0 aromatic heterocycles. The Labute approximate surface area is 76.2 Å². The lowest BCUT2D eigenvalue weighted by Crippen LogP contribution is -2.32.